The predicted octanol–water partition coefficient (Wildman–Crippen LogP) is 2.48. The number of esters is 1. The minimum absolute atomic E-state index is 0.0685. The van der Waals surface area contributed by atoms with Gasteiger partial charge in [0.25, 0.3) is 0 Å². The van der Waals surface area contributed by atoms with E-state index in [0.29, 0.717) is 11.5 Å². The number of benzene rings is 2. The number of nitrogens with one attached hydrogen (secondary N) is 1. The Morgan fingerprint density at radius 3 is 2.60 bits per heavy atom. The lowest BCUT2D eigenvalue weighted by molar-refractivity contribution is -0.129. The van der Waals surface area contributed by atoms with E-state index in [2.05, 4.69) is 22.7 Å². The number of hydrogen-bond acceptors (Lipinski definition) is 5. The molecule has 6 nitrogen and oxygen atoms in total. The third-order valence-corrected chi connectivity index (χ3v) is 3.09. The molecule has 0 aliphatic rings. The molecule has 0 unspecified atom stereocenters. The Labute approximate surface area is 150 Å². The van der Waals surface area contributed by atoms with Crippen molar-refractivity contribution in [1.82, 2.24) is 5.43 Å². The quantitative estimate of drug-likeness (QED) is 0.207. The molecule has 3 N–H and O–H groups in total. The number of thiocarbonyl (C=S) groups is 1. The summed E-state index contributed by atoms with van der Waals surface area (Å²) >= 11 is 4.65. The SMILES string of the molecule is COc1cc(/C=N\NC(N)=S)ccc1OC(=O)/C=C/c1ccccc1. The molecular formula is C18H17N3O3S. The highest BCUT2D eigenvalue weighted by atomic mass is 32.1. The number of ether oxygens (including phenoxy) is 2. The number of hydrazone groups is 1. The maximum Gasteiger partial charge on any atom is 0.336 e. The van der Waals surface area contributed by atoms with Crippen LogP contribution < -0.4 is 20.6 Å². The number of nitrogens with two attached hydrogens (primary N) is 1. The first-order valence-electron chi connectivity index (χ1n) is 7.30. The minimum atomic E-state index is -0.501. The van der Waals surface area contributed by atoms with Gasteiger partial charge in [-0.05, 0) is 47.6 Å². The van der Waals surface area contributed by atoms with Crippen LogP contribution in [0.1, 0.15) is 11.1 Å². The van der Waals surface area contributed by atoms with Crippen LogP contribution in [0.25, 0.3) is 6.08 Å². The summed E-state index contributed by atoms with van der Waals surface area (Å²) in [5.74, 6) is 0.212. The highest BCUT2D eigenvalue weighted by Crippen LogP contribution is 2.27. The summed E-state index contributed by atoms with van der Waals surface area (Å²) < 4.78 is 10.5. The second-order valence-electron chi connectivity index (χ2n) is 4.81. The van der Waals surface area contributed by atoms with Crippen molar-refractivity contribution in [2.75, 3.05) is 7.11 Å². The molecule has 25 heavy (non-hydrogen) atoms. The summed E-state index contributed by atoms with van der Waals surface area (Å²) in [5, 5.41) is 3.92. The van der Waals surface area contributed by atoms with Crippen molar-refractivity contribution in [2.24, 2.45) is 10.8 Å². The fraction of sp³-hybridized carbons (Fsp3) is 0.0556. The Balaban J connectivity index is 2.06. The summed E-state index contributed by atoms with van der Waals surface area (Å²) in [6.07, 6.45) is 4.55. The van der Waals surface area contributed by atoms with E-state index in [4.69, 9.17) is 15.2 Å². The van der Waals surface area contributed by atoms with Gasteiger partial charge in [-0.2, -0.15) is 5.10 Å². The Morgan fingerprint density at radius 2 is 1.92 bits per heavy atom. The van der Waals surface area contributed by atoms with Crippen molar-refractivity contribution in [2.45, 2.75) is 0 Å². The standard InChI is InChI=1S/C18H17N3O3S/c1-23-16-11-14(12-20-21-18(19)25)7-9-15(16)24-17(22)10-8-13-5-3-2-4-6-13/h2-12H,1H3,(H3,19,21,25)/b10-8+,20-12-. The van der Waals surface area contributed by atoms with Crippen molar-refractivity contribution >= 4 is 35.6 Å². The van der Waals surface area contributed by atoms with Gasteiger partial charge in [0, 0.05) is 6.08 Å². The molecule has 0 amide bonds. The van der Waals surface area contributed by atoms with Gasteiger partial charge in [-0.1, -0.05) is 30.3 Å². The average Bonchev–Trinajstić information content (AvgIpc) is 2.61. The zero-order valence-corrected chi connectivity index (χ0v) is 14.3. The minimum Gasteiger partial charge on any atom is -0.493 e. The van der Waals surface area contributed by atoms with Crippen LogP contribution in [-0.4, -0.2) is 24.4 Å². The van der Waals surface area contributed by atoms with E-state index in [1.807, 2.05) is 30.3 Å². The monoisotopic (exact) mass is 355 g/mol. The van der Waals surface area contributed by atoms with Crippen LogP contribution >= 0.6 is 12.2 Å². The fourth-order valence-corrected chi connectivity index (χ4v) is 1.94. The number of methoxy groups -OCH3 is 1. The molecule has 7 heteroatoms. The molecule has 0 saturated carbocycles. The van der Waals surface area contributed by atoms with Crippen LogP contribution in [0.3, 0.4) is 0 Å². The Morgan fingerprint density at radius 1 is 1.16 bits per heavy atom. The van der Waals surface area contributed by atoms with Gasteiger partial charge < -0.3 is 15.2 Å². The van der Waals surface area contributed by atoms with Crippen molar-refractivity contribution in [3.63, 3.8) is 0 Å². The van der Waals surface area contributed by atoms with Gasteiger partial charge >= 0.3 is 5.97 Å². The summed E-state index contributed by atoms with van der Waals surface area (Å²) in [6, 6.07) is 14.5. The Bertz CT molecular complexity index is 804. The maximum atomic E-state index is 12.0. The first-order chi connectivity index (χ1) is 12.1. The van der Waals surface area contributed by atoms with Crippen molar-refractivity contribution < 1.29 is 14.3 Å². The van der Waals surface area contributed by atoms with Gasteiger partial charge in [0.2, 0.25) is 0 Å². The zero-order valence-electron chi connectivity index (χ0n) is 13.5. The zero-order chi connectivity index (χ0) is 18.1. The number of rotatable bonds is 6. The molecule has 0 bridgehead atoms. The highest BCUT2D eigenvalue weighted by molar-refractivity contribution is 7.80. The molecule has 0 aromatic heterocycles. The molecule has 0 radical (unpaired) electrons. The summed E-state index contributed by atoms with van der Waals surface area (Å²) in [5.41, 5.74) is 9.36. The summed E-state index contributed by atoms with van der Waals surface area (Å²) in [4.78, 5) is 12.0. The smallest absolute Gasteiger partial charge is 0.336 e. The first-order valence-corrected chi connectivity index (χ1v) is 7.71. The Kier molecular flexibility index (Phi) is 6.67. The van der Waals surface area contributed by atoms with E-state index in [1.54, 1.807) is 24.3 Å². The molecule has 0 atom stereocenters. The van der Waals surface area contributed by atoms with Crippen molar-refractivity contribution in [1.29, 1.82) is 0 Å². The lowest BCUT2D eigenvalue weighted by Crippen LogP contribution is -2.23. The molecule has 128 valence electrons. The molecule has 0 spiro atoms. The number of carbonyl (C=O) groups excluding carboxylic acids is 1. The molecule has 2 rings (SSSR count). The molecule has 0 aliphatic heterocycles. The number of carbonyl (C=O) groups is 1. The van der Waals surface area contributed by atoms with E-state index in [0.717, 1.165) is 11.1 Å². The second-order valence-corrected chi connectivity index (χ2v) is 5.25. The molecule has 2 aromatic rings. The van der Waals surface area contributed by atoms with Crippen LogP contribution in [0.5, 0.6) is 11.5 Å². The molecular weight excluding hydrogens is 338 g/mol. The van der Waals surface area contributed by atoms with Gasteiger partial charge in [0.1, 0.15) is 0 Å². The van der Waals surface area contributed by atoms with Crippen LogP contribution in [0, 0.1) is 0 Å². The molecule has 0 fully saturated rings. The number of hydrogen-bond donors (Lipinski definition) is 2. The summed E-state index contributed by atoms with van der Waals surface area (Å²) in [6.45, 7) is 0. The van der Waals surface area contributed by atoms with Gasteiger partial charge in [-0.25, -0.2) is 4.79 Å². The third-order valence-electron chi connectivity index (χ3n) is 3.00. The van der Waals surface area contributed by atoms with Crippen molar-refractivity contribution in [3.05, 3.63) is 65.7 Å². The van der Waals surface area contributed by atoms with Crippen LogP contribution in [-0.2, 0) is 4.79 Å². The van der Waals surface area contributed by atoms with Gasteiger partial charge in [0.05, 0.1) is 13.3 Å². The highest BCUT2D eigenvalue weighted by Gasteiger charge is 2.08. The third kappa shape index (κ3) is 6.08. The second kappa shape index (κ2) is 9.19. The van der Waals surface area contributed by atoms with Gasteiger partial charge in [0.15, 0.2) is 16.6 Å². The van der Waals surface area contributed by atoms with Crippen LogP contribution in [0.15, 0.2) is 59.7 Å². The maximum absolute atomic E-state index is 12.0. The fourth-order valence-electron chi connectivity index (χ4n) is 1.89. The normalized spacial score (nSPS) is 10.8. The van der Waals surface area contributed by atoms with E-state index in [-0.39, 0.29) is 5.11 Å². The van der Waals surface area contributed by atoms with Crippen LogP contribution in [0.4, 0.5) is 0 Å². The molecule has 0 heterocycles. The number of nitrogens with zero attached hydrogens (tertiary/aromatic N) is 1. The molecule has 0 aliphatic carbocycles. The van der Waals surface area contributed by atoms with E-state index < -0.39 is 5.97 Å². The Hall–Kier alpha value is -3.19. The van der Waals surface area contributed by atoms with E-state index in [9.17, 15) is 4.79 Å². The lowest BCUT2D eigenvalue weighted by Gasteiger charge is -2.08. The first kappa shape index (κ1) is 18.2. The van der Waals surface area contributed by atoms with Crippen molar-refractivity contribution in [3.8, 4) is 11.5 Å². The summed E-state index contributed by atoms with van der Waals surface area (Å²) in [7, 11) is 1.49. The van der Waals surface area contributed by atoms with Gasteiger partial charge in [-0.3, -0.25) is 5.43 Å². The predicted molar refractivity (Wildman–Crippen MR) is 102 cm³/mol. The molecule has 2 aromatic carbocycles. The van der Waals surface area contributed by atoms with E-state index in [1.165, 1.54) is 19.4 Å². The van der Waals surface area contributed by atoms with Gasteiger partial charge in [-0.15, -0.1) is 0 Å². The largest absolute Gasteiger partial charge is 0.493 e. The van der Waals surface area contributed by atoms with Crippen LogP contribution in [0.2, 0.25) is 0 Å². The average molecular weight is 355 g/mol. The van der Waals surface area contributed by atoms with E-state index >= 15 is 0 Å². The lowest BCUT2D eigenvalue weighted by atomic mass is 10.2. The topological polar surface area (TPSA) is 85.9 Å². The molecule has 0 saturated heterocycles.